The highest BCUT2D eigenvalue weighted by Gasteiger charge is 2.15. The zero-order valence-corrected chi connectivity index (χ0v) is 19.7. The maximum absolute atomic E-state index is 12.7. The molecule has 0 saturated carbocycles. The van der Waals surface area contributed by atoms with Gasteiger partial charge in [0.25, 0.3) is 5.91 Å². The standard InChI is InChI=1S/C26H24ClN3O3/c1-5-33-26(32)19-7-10-23(11-8-19)30-17(3)12-20(18(30)4)13-21(15-28)25(31)29-22-9-6-16(2)24(27)14-22/h6-14H,5H2,1-4H3,(H,29,31). The number of aromatic nitrogens is 1. The van der Waals surface area contributed by atoms with E-state index in [1.165, 1.54) is 0 Å². The number of aryl methyl sites for hydroxylation is 2. The molecule has 1 aromatic heterocycles. The Morgan fingerprint density at radius 2 is 1.82 bits per heavy atom. The van der Waals surface area contributed by atoms with Crippen molar-refractivity contribution >= 4 is 35.2 Å². The molecule has 0 fully saturated rings. The molecule has 6 nitrogen and oxygen atoms in total. The molecule has 0 aliphatic rings. The Morgan fingerprint density at radius 3 is 2.42 bits per heavy atom. The molecule has 0 atom stereocenters. The summed E-state index contributed by atoms with van der Waals surface area (Å²) in [6.45, 7) is 7.79. The van der Waals surface area contributed by atoms with Crippen molar-refractivity contribution in [3.63, 3.8) is 0 Å². The van der Waals surface area contributed by atoms with Gasteiger partial charge in [-0.2, -0.15) is 5.26 Å². The van der Waals surface area contributed by atoms with E-state index < -0.39 is 5.91 Å². The molecule has 3 aromatic rings. The molecule has 0 aliphatic heterocycles. The van der Waals surface area contributed by atoms with Gasteiger partial charge in [-0.1, -0.05) is 17.7 Å². The fourth-order valence-corrected chi connectivity index (χ4v) is 3.65. The molecule has 3 rings (SSSR count). The van der Waals surface area contributed by atoms with Gasteiger partial charge in [0.1, 0.15) is 11.6 Å². The van der Waals surface area contributed by atoms with Gasteiger partial charge >= 0.3 is 5.97 Å². The molecule has 0 aliphatic carbocycles. The molecule has 1 amide bonds. The number of ether oxygens (including phenoxy) is 1. The van der Waals surface area contributed by atoms with E-state index in [0.717, 1.165) is 28.2 Å². The number of benzene rings is 2. The number of hydrogen-bond acceptors (Lipinski definition) is 4. The number of anilines is 1. The molecule has 1 heterocycles. The minimum Gasteiger partial charge on any atom is -0.462 e. The maximum atomic E-state index is 12.7. The van der Waals surface area contributed by atoms with E-state index >= 15 is 0 Å². The first-order chi connectivity index (χ1) is 15.7. The van der Waals surface area contributed by atoms with Crippen LogP contribution >= 0.6 is 11.6 Å². The second kappa shape index (κ2) is 10.2. The first-order valence-electron chi connectivity index (χ1n) is 10.4. The number of carbonyl (C=O) groups excluding carboxylic acids is 2. The Morgan fingerprint density at radius 1 is 1.12 bits per heavy atom. The van der Waals surface area contributed by atoms with Crippen molar-refractivity contribution in [3.8, 4) is 11.8 Å². The van der Waals surface area contributed by atoms with Crippen LogP contribution in [0.3, 0.4) is 0 Å². The Labute approximate surface area is 198 Å². The lowest BCUT2D eigenvalue weighted by Crippen LogP contribution is -2.13. The summed E-state index contributed by atoms with van der Waals surface area (Å²) in [4.78, 5) is 24.6. The molecule has 0 bridgehead atoms. The second-order valence-corrected chi connectivity index (χ2v) is 7.92. The highest BCUT2D eigenvalue weighted by molar-refractivity contribution is 6.31. The van der Waals surface area contributed by atoms with Crippen molar-refractivity contribution in [1.29, 1.82) is 5.26 Å². The van der Waals surface area contributed by atoms with Crippen LogP contribution in [-0.2, 0) is 9.53 Å². The van der Waals surface area contributed by atoms with Crippen LogP contribution in [-0.4, -0.2) is 23.1 Å². The number of nitrogens with one attached hydrogen (secondary N) is 1. The summed E-state index contributed by atoms with van der Waals surface area (Å²) in [6.07, 6.45) is 1.57. The number of nitriles is 1. The predicted molar refractivity (Wildman–Crippen MR) is 130 cm³/mol. The van der Waals surface area contributed by atoms with Crippen molar-refractivity contribution in [3.05, 3.63) is 87.2 Å². The Kier molecular flexibility index (Phi) is 7.37. The van der Waals surface area contributed by atoms with Crippen LogP contribution in [0.15, 0.2) is 54.1 Å². The third-order valence-electron chi connectivity index (χ3n) is 5.20. The van der Waals surface area contributed by atoms with Crippen molar-refractivity contribution in [2.45, 2.75) is 27.7 Å². The smallest absolute Gasteiger partial charge is 0.338 e. The number of amides is 1. The van der Waals surface area contributed by atoms with Gasteiger partial charge in [-0.25, -0.2) is 4.79 Å². The Hall–Kier alpha value is -3.82. The van der Waals surface area contributed by atoms with Crippen LogP contribution in [0.2, 0.25) is 5.02 Å². The highest BCUT2D eigenvalue weighted by atomic mass is 35.5. The molecule has 7 heteroatoms. The van der Waals surface area contributed by atoms with Gasteiger partial charge < -0.3 is 14.6 Å². The number of hydrogen-bond donors (Lipinski definition) is 1. The van der Waals surface area contributed by atoms with E-state index in [0.29, 0.717) is 22.9 Å². The largest absolute Gasteiger partial charge is 0.462 e. The van der Waals surface area contributed by atoms with Crippen LogP contribution in [0, 0.1) is 32.1 Å². The molecular weight excluding hydrogens is 438 g/mol. The van der Waals surface area contributed by atoms with E-state index in [9.17, 15) is 14.9 Å². The van der Waals surface area contributed by atoms with Gasteiger partial charge in [0.15, 0.2) is 0 Å². The summed E-state index contributed by atoms with van der Waals surface area (Å²) in [6, 6.07) is 16.2. The van der Waals surface area contributed by atoms with Crippen LogP contribution in [0.4, 0.5) is 5.69 Å². The highest BCUT2D eigenvalue weighted by Crippen LogP contribution is 2.24. The number of halogens is 1. The van der Waals surface area contributed by atoms with Gasteiger partial charge in [-0.3, -0.25) is 4.79 Å². The number of esters is 1. The lowest BCUT2D eigenvalue weighted by molar-refractivity contribution is -0.112. The Bertz CT molecular complexity index is 1280. The number of carbonyl (C=O) groups is 2. The van der Waals surface area contributed by atoms with Crippen molar-refractivity contribution < 1.29 is 14.3 Å². The first-order valence-corrected chi connectivity index (χ1v) is 10.8. The van der Waals surface area contributed by atoms with E-state index in [-0.39, 0.29) is 11.5 Å². The predicted octanol–water partition coefficient (Wildman–Crippen LogP) is 5.78. The fraction of sp³-hybridized carbons (Fsp3) is 0.192. The van der Waals surface area contributed by atoms with Gasteiger partial charge in [0.05, 0.1) is 12.2 Å². The van der Waals surface area contributed by atoms with Gasteiger partial charge in [-0.05, 0) is 87.4 Å². The molecule has 168 valence electrons. The quantitative estimate of drug-likeness (QED) is 0.286. The minimum atomic E-state index is -0.513. The molecule has 0 saturated heterocycles. The van der Waals surface area contributed by atoms with E-state index in [1.54, 1.807) is 43.3 Å². The van der Waals surface area contributed by atoms with Gasteiger partial charge in [0.2, 0.25) is 0 Å². The number of nitrogens with zero attached hydrogens (tertiary/aromatic N) is 2. The summed E-state index contributed by atoms with van der Waals surface area (Å²) < 4.78 is 7.02. The normalized spacial score (nSPS) is 11.1. The van der Waals surface area contributed by atoms with E-state index in [2.05, 4.69) is 5.32 Å². The molecule has 0 spiro atoms. The summed E-state index contributed by atoms with van der Waals surface area (Å²) in [5.41, 5.74) is 5.25. The molecule has 2 aromatic carbocycles. The average molecular weight is 462 g/mol. The zero-order chi connectivity index (χ0) is 24.1. The zero-order valence-electron chi connectivity index (χ0n) is 18.9. The van der Waals surface area contributed by atoms with E-state index in [4.69, 9.17) is 16.3 Å². The third kappa shape index (κ3) is 5.33. The lowest BCUT2D eigenvalue weighted by Gasteiger charge is -2.10. The van der Waals surface area contributed by atoms with E-state index in [1.807, 2.05) is 49.6 Å². The van der Waals surface area contributed by atoms with Crippen LogP contribution < -0.4 is 5.32 Å². The third-order valence-corrected chi connectivity index (χ3v) is 5.61. The second-order valence-electron chi connectivity index (χ2n) is 7.52. The molecule has 0 radical (unpaired) electrons. The summed E-state index contributed by atoms with van der Waals surface area (Å²) in [5.74, 6) is -0.880. The monoisotopic (exact) mass is 461 g/mol. The summed E-state index contributed by atoms with van der Waals surface area (Å²) >= 11 is 6.12. The number of rotatable bonds is 6. The summed E-state index contributed by atoms with van der Waals surface area (Å²) in [7, 11) is 0. The topological polar surface area (TPSA) is 84.1 Å². The maximum Gasteiger partial charge on any atom is 0.338 e. The van der Waals surface area contributed by atoms with Crippen molar-refractivity contribution in [2.24, 2.45) is 0 Å². The molecule has 0 unspecified atom stereocenters. The molecule has 1 N–H and O–H groups in total. The molecule has 33 heavy (non-hydrogen) atoms. The fourth-order valence-electron chi connectivity index (χ4n) is 3.47. The van der Waals surface area contributed by atoms with Crippen molar-refractivity contribution in [1.82, 2.24) is 4.57 Å². The first kappa shape index (κ1) is 23.8. The van der Waals surface area contributed by atoms with Gasteiger partial charge in [0, 0.05) is 27.8 Å². The average Bonchev–Trinajstić information content (AvgIpc) is 3.07. The Balaban J connectivity index is 1.88. The molecular formula is C26H24ClN3O3. The minimum absolute atomic E-state index is 0.0235. The summed E-state index contributed by atoms with van der Waals surface area (Å²) in [5, 5.41) is 12.8. The van der Waals surface area contributed by atoms with Crippen LogP contribution in [0.25, 0.3) is 11.8 Å². The SMILES string of the molecule is CCOC(=O)c1ccc(-n2c(C)cc(C=C(C#N)C(=O)Nc3ccc(C)c(Cl)c3)c2C)cc1. The van der Waals surface area contributed by atoms with Crippen LogP contribution in [0.5, 0.6) is 0 Å². The lowest BCUT2D eigenvalue weighted by atomic mass is 10.1. The van der Waals surface area contributed by atoms with Gasteiger partial charge in [-0.15, -0.1) is 0 Å². The van der Waals surface area contributed by atoms with Crippen molar-refractivity contribution in [2.75, 3.05) is 11.9 Å². The van der Waals surface area contributed by atoms with Crippen LogP contribution in [0.1, 0.15) is 39.8 Å².